The molecule has 0 fully saturated rings. The van der Waals surface area contributed by atoms with Crippen LogP contribution in [-0.4, -0.2) is 31.4 Å². The molecule has 0 bridgehead atoms. The first-order valence-corrected chi connectivity index (χ1v) is 8.93. The molecule has 0 aliphatic carbocycles. The minimum absolute atomic E-state index is 0.0565. The first-order valence-electron chi connectivity index (χ1n) is 8.05. The van der Waals surface area contributed by atoms with E-state index in [1.807, 2.05) is 68.4 Å². The Hall–Kier alpha value is -2.67. The van der Waals surface area contributed by atoms with Gasteiger partial charge in [0, 0.05) is 5.69 Å². The maximum atomic E-state index is 12.6. The van der Waals surface area contributed by atoms with Crippen LogP contribution in [0, 0.1) is 6.92 Å². The number of thioether (sulfide) groups is 1. The molecule has 3 rings (SSSR count). The summed E-state index contributed by atoms with van der Waals surface area (Å²) in [5.74, 6) is -0.0565. The molecule has 25 heavy (non-hydrogen) atoms. The lowest BCUT2D eigenvalue weighted by molar-refractivity contribution is -0.115. The fourth-order valence-electron chi connectivity index (χ4n) is 2.29. The molecule has 3 aromatic rings. The van der Waals surface area contributed by atoms with Crippen molar-refractivity contribution in [2.24, 2.45) is 0 Å². The molecule has 0 spiro atoms. The monoisotopic (exact) mass is 353 g/mol. The van der Waals surface area contributed by atoms with Gasteiger partial charge < -0.3 is 5.32 Å². The zero-order chi connectivity index (χ0) is 17.6. The molecule has 7 heteroatoms. The van der Waals surface area contributed by atoms with Crippen LogP contribution in [0.1, 0.15) is 18.9 Å². The highest BCUT2D eigenvalue weighted by molar-refractivity contribution is 8.00. The molecule has 1 heterocycles. The molecule has 1 atom stereocenters. The second kappa shape index (κ2) is 7.94. The van der Waals surface area contributed by atoms with Gasteiger partial charge in [0.05, 0.1) is 10.9 Å². The molecule has 0 radical (unpaired) electrons. The summed E-state index contributed by atoms with van der Waals surface area (Å²) in [7, 11) is 0. The van der Waals surface area contributed by atoms with Crippen LogP contribution >= 0.6 is 11.8 Å². The van der Waals surface area contributed by atoms with Crippen LogP contribution in [0.4, 0.5) is 5.69 Å². The summed E-state index contributed by atoms with van der Waals surface area (Å²) in [4.78, 5) is 12.6. The first kappa shape index (κ1) is 17.2. The minimum atomic E-state index is -0.283. The summed E-state index contributed by atoms with van der Waals surface area (Å²) >= 11 is 1.36. The van der Waals surface area contributed by atoms with E-state index < -0.39 is 0 Å². The van der Waals surface area contributed by atoms with E-state index in [0.717, 1.165) is 16.9 Å². The smallest absolute Gasteiger partial charge is 0.237 e. The third-order valence-corrected chi connectivity index (χ3v) is 4.97. The molecule has 1 N–H and O–H groups in total. The number of hydrogen-bond acceptors (Lipinski definition) is 5. The van der Waals surface area contributed by atoms with Crippen molar-refractivity contribution in [2.45, 2.75) is 30.7 Å². The fourth-order valence-corrected chi connectivity index (χ4v) is 3.21. The standard InChI is InChI=1S/C18H19N5OS/c1-3-16(17(24)19-14-11-9-13(2)10-12-14)25-18-20-21-22-23(18)15-7-5-4-6-8-15/h4-12,16H,3H2,1-2H3,(H,19,24). The summed E-state index contributed by atoms with van der Waals surface area (Å²) in [6.07, 6.45) is 0.671. The van der Waals surface area contributed by atoms with Crippen molar-refractivity contribution < 1.29 is 4.79 Å². The maximum Gasteiger partial charge on any atom is 0.237 e. The Bertz CT molecular complexity index is 832. The number of para-hydroxylation sites is 1. The topological polar surface area (TPSA) is 72.7 Å². The van der Waals surface area contributed by atoms with Crippen LogP contribution in [0.15, 0.2) is 59.8 Å². The van der Waals surface area contributed by atoms with Gasteiger partial charge in [-0.1, -0.05) is 54.6 Å². The largest absolute Gasteiger partial charge is 0.325 e. The Morgan fingerprint density at radius 3 is 2.56 bits per heavy atom. The van der Waals surface area contributed by atoms with E-state index in [1.165, 1.54) is 11.8 Å². The van der Waals surface area contributed by atoms with Crippen LogP contribution < -0.4 is 5.32 Å². The van der Waals surface area contributed by atoms with Crippen molar-refractivity contribution in [1.29, 1.82) is 0 Å². The Kier molecular flexibility index (Phi) is 5.45. The number of aromatic nitrogens is 4. The van der Waals surface area contributed by atoms with Crippen molar-refractivity contribution >= 4 is 23.4 Å². The average molecular weight is 353 g/mol. The number of carbonyl (C=O) groups excluding carboxylic acids is 1. The summed E-state index contributed by atoms with van der Waals surface area (Å²) in [5, 5.41) is 15.1. The van der Waals surface area contributed by atoms with Crippen molar-refractivity contribution in [3.8, 4) is 5.69 Å². The minimum Gasteiger partial charge on any atom is -0.325 e. The normalized spacial score (nSPS) is 11.9. The van der Waals surface area contributed by atoms with E-state index >= 15 is 0 Å². The number of nitrogens with one attached hydrogen (secondary N) is 1. The molecular formula is C18H19N5OS. The molecule has 1 unspecified atom stereocenters. The lowest BCUT2D eigenvalue weighted by Gasteiger charge is -2.14. The molecular weight excluding hydrogens is 334 g/mol. The van der Waals surface area contributed by atoms with Crippen molar-refractivity contribution in [2.75, 3.05) is 5.32 Å². The second-order valence-corrected chi connectivity index (χ2v) is 6.75. The van der Waals surface area contributed by atoms with Gasteiger partial charge in [-0.15, -0.1) is 5.10 Å². The quantitative estimate of drug-likeness (QED) is 0.687. The maximum absolute atomic E-state index is 12.6. The highest BCUT2D eigenvalue weighted by atomic mass is 32.2. The Balaban J connectivity index is 1.73. The number of hydrogen-bond donors (Lipinski definition) is 1. The Labute approximate surface area is 150 Å². The highest BCUT2D eigenvalue weighted by Crippen LogP contribution is 2.26. The number of anilines is 1. The molecule has 1 amide bonds. The molecule has 0 saturated carbocycles. The van der Waals surface area contributed by atoms with Crippen molar-refractivity contribution in [3.05, 3.63) is 60.2 Å². The molecule has 1 aromatic heterocycles. The van der Waals surface area contributed by atoms with E-state index in [4.69, 9.17) is 0 Å². The SMILES string of the molecule is CCC(Sc1nnnn1-c1ccccc1)C(=O)Nc1ccc(C)cc1. The zero-order valence-electron chi connectivity index (χ0n) is 14.1. The predicted molar refractivity (Wildman–Crippen MR) is 98.9 cm³/mol. The molecule has 0 aliphatic heterocycles. The third-order valence-electron chi connectivity index (χ3n) is 3.67. The van der Waals surface area contributed by atoms with E-state index in [0.29, 0.717) is 11.6 Å². The van der Waals surface area contributed by atoms with Gasteiger partial charge in [0.2, 0.25) is 11.1 Å². The summed E-state index contributed by atoms with van der Waals surface area (Å²) in [6.45, 7) is 3.99. The molecule has 0 saturated heterocycles. The highest BCUT2D eigenvalue weighted by Gasteiger charge is 2.22. The van der Waals surface area contributed by atoms with E-state index in [2.05, 4.69) is 20.8 Å². The van der Waals surface area contributed by atoms with Crippen LogP contribution in [0.2, 0.25) is 0 Å². The number of tetrazole rings is 1. The van der Waals surface area contributed by atoms with E-state index in [1.54, 1.807) is 4.68 Å². The summed E-state index contributed by atoms with van der Waals surface area (Å²) in [6, 6.07) is 17.4. The fraction of sp³-hybridized carbons (Fsp3) is 0.222. The van der Waals surface area contributed by atoms with Gasteiger partial charge in [-0.3, -0.25) is 4.79 Å². The summed E-state index contributed by atoms with van der Waals surface area (Å²) < 4.78 is 1.65. The van der Waals surface area contributed by atoms with Gasteiger partial charge in [0.15, 0.2) is 0 Å². The summed E-state index contributed by atoms with van der Waals surface area (Å²) in [5.41, 5.74) is 2.81. The van der Waals surface area contributed by atoms with Crippen LogP contribution in [0.3, 0.4) is 0 Å². The zero-order valence-corrected chi connectivity index (χ0v) is 14.9. The van der Waals surface area contributed by atoms with Crippen molar-refractivity contribution in [1.82, 2.24) is 20.2 Å². The van der Waals surface area contributed by atoms with E-state index in [9.17, 15) is 4.79 Å². The Morgan fingerprint density at radius 1 is 1.16 bits per heavy atom. The number of benzene rings is 2. The molecule has 2 aromatic carbocycles. The van der Waals surface area contributed by atoms with Gasteiger partial charge in [-0.25, -0.2) is 0 Å². The van der Waals surface area contributed by atoms with Crippen LogP contribution in [-0.2, 0) is 4.79 Å². The number of nitrogens with zero attached hydrogens (tertiary/aromatic N) is 4. The van der Waals surface area contributed by atoms with Gasteiger partial charge in [0.1, 0.15) is 0 Å². The predicted octanol–water partition coefficient (Wildman–Crippen LogP) is 3.48. The third kappa shape index (κ3) is 4.24. The average Bonchev–Trinajstić information content (AvgIpc) is 3.10. The number of aryl methyl sites for hydroxylation is 1. The Morgan fingerprint density at radius 2 is 1.88 bits per heavy atom. The van der Waals surface area contributed by atoms with Gasteiger partial charge in [-0.05, 0) is 48.0 Å². The molecule has 6 nitrogen and oxygen atoms in total. The lowest BCUT2D eigenvalue weighted by Crippen LogP contribution is -2.25. The number of carbonyl (C=O) groups is 1. The number of amides is 1. The van der Waals surface area contributed by atoms with Crippen LogP contribution in [0.5, 0.6) is 0 Å². The van der Waals surface area contributed by atoms with Crippen LogP contribution in [0.25, 0.3) is 5.69 Å². The van der Waals surface area contributed by atoms with Gasteiger partial charge in [-0.2, -0.15) is 4.68 Å². The molecule has 0 aliphatic rings. The lowest BCUT2D eigenvalue weighted by atomic mass is 10.2. The first-order chi connectivity index (χ1) is 12.2. The van der Waals surface area contributed by atoms with Gasteiger partial charge >= 0.3 is 0 Å². The van der Waals surface area contributed by atoms with Crippen molar-refractivity contribution in [3.63, 3.8) is 0 Å². The number of rotatable bonds is 6. The van der Waals surface area contributed by atoms with Gasteiger partial charge in [0.25, 0.3) is 0 Å². The van der Waals surface area contributed by atoms with E-state index in [-0.39, 0.29) is 11.2 Å². The molecule has 128 valence electrons. The second-order valence-electron chi connectivity index (χ2n) is 5.58.